The van der Waals surface area contributed by atoms with E-state index in [1.165, 1.54) is 52.4 Å². The molecule has 7 N–H and O–H groups in total. The van der Waals surface area contributed by atoms with Crippen LogP contribution in [0.5, 0.6) is 11.5 Å². The number of phenols is 1. The van der Waals surface area contributed by atoms with Crippen molar-refractivity contribution in [3.63, 3.8) is 0 Å². The van der Waals surface area contributed by atoms with Crippen LogP contribution in [0.15, 0.2) is 72.6 Å². The molecule has 1 aliphatic carbocycles. The van der Waals surface area contributed by atoms with E-state index in [-0.39, 0.29) is 39.5 Å². The molecule has 2 aliphatic rings. The van der Waals surface area contributed by atoms with Crippen molar-refractivity contribution in [2.45, 2.75) is 85.6 Å². The number of ether oxygens (including phenoxy) is 4. The molecular formula is C42H52N4O11. The molecule has 15 nitrogen and oxygen atoms in total. The molecule has 0 radical (unpaired) electrons. The predicted molar refractivity (Wildman–Crippen MR) is 209 cm³/mol. The van der Waals surface area contributed by atoms with E-state index in [4.69, 9.17) is 30.1 Å². The van der Waals surface area contributed by atoms with E-state index in [1.807, 2.05) is 0 Å². The second-order valence-electron chi connectivity index (χ2n) is 14.6. The van der Waals surface area contributed by atoms with Crippen LogP contribution < -0.4 is 15.8 Å². The number of nitrogens with two attached hydrogens (primary N) is 1. The zero-order chi connectivity index (χ0) is 42.7. The molecular weight excluding hydrogens is 736 g/mol. The lowest BCUT2D eigenvalue weighted by molar-refractivity contribution is -0.116. The van der Waals surface area contributed by atoms with Crippen LogP contribution in [-0.4, -0.2) is 86.8 Å². The quantitative estimate of drug-likeness (QED) is 0.0598. The van der Waals surface area contributed by atoms with E-state index in [0.29, 0.717) is 0 Å². The van der Waals surface area contributed by atoms with E-state index in [0.717, 1.165) is 6.26 Å². The van der Waals surface area contributed by atoms with Crippen LogP contribution in [0.2, 0.25) is 0 Å². The summed E-state index contributed by atoms with van der Waals surface area (Å²) in [6, 6.07) is 3.12. The fourth-order valence-electron chi connectivity index (χ4n) is 6.94. The van der Waals surface area contributed by atoms with E-state index < -0.39 is 99.8 Å². The molecule has 1 aromatic heterocycles. The number of rotatable bonds is 16. The van der Waals surface area contributed by atoms with Crippen LogP contribution in [-0.2, 0) is 19.0 Å². The van der Waals surface area contributed by atoms with Gasteiger partial charge in [0, 0.05) is 66.8 Å². The molecule has 4 rings (SSSR count). The Morgan fingerprint density at radius 2 is 1.75 bits per heavy atom. The standard InChI is InChI=1S/C42H52N4O11/c1-11-19(3)33(47)22(6)34(48)23(7)37(56-41(53)25-14-13-16-45-18-25)21(5)26(54-10)15-17-55-42(9)39(51)29-27-28(35(49)24(8)38(29)57-42)36(50)32(31(44)30(27)43)46-40(52)20(4)12-2/h11-19,21-23,26,33-34,37,43,47-49H,1,44H2,2-10H3,(H,46,52)/b17-15+,20-12-,43-30?/t19-,21+,22+,23+,26-,33-,34+,37+,42-/m0/s1. The number of hydrogen-bond donors (Lipinski definition) is 6. The Morgan fingerprint density at radius 1 is 1.09 bits per heavy atom. The number of nitrogens with zero attached hydrogens (tertiary/aromatic N) is 1. The maximum atomic E-state index is 14.1. The van der Waals surface area contributed by atoms with Gasteiger partial charge in [0.2, 0.25) is 5.78 Å². The monoisotopic (exact) mass is 788 g/mol. The SMILES string of the molecule is C=C[C@H](C)[C@H](O)[C@@H](C)[C@@H](O)[C@@H](C)[C@H](OC(=O)c1cccnc1)[C@H](C)[C@H](/C=C/O[C@@]1(C)Oc2c(C)c(O)c3c(c2C1=O)C(=N)C(N)=C(NC(=O)/C(C)=C\C)C3=O)OC. The number of methoxy groups -OCH3 is 1. The first-order chi connectivity index (χ1) is 26.8. The fourth-order valence-corrected chi connectivity index (χ4v) is 6.94. The van der Waals surface area contributed by atoms with Crippen molar-refractivity contribution in [2.75, 3.05) is 7.11 Å². The number of amides is 1. The number of nitrogens with one attached hydrogen (secondary N) is 2. The van der Waals surface area contributed by atoms with Gasteiger partial charge in [-0.25, -0.2) is 4.79 Å². The average Bonchev–Trinajstić information content (AvgIpc) is 3.47. The first kappa shape index (κ1) is 44.1. The predicted octanol–water partition coefficient (Wildman–Crippen LogP) is 4.43. The van der Waals surface area contributed by atoms with Crippen molar-refractivity contribution in [1.82, 2.24) is 10.3 Å². The molecule has 306 valence electrons. The Balaban J connectivity index is 1.64. The molecule has 2 aromatic rings. The highest BCUT2D eigenvalue weighted by Gasteiger charge is 2.52. The Labute approximate surface area is 331 Å². The zero-order valence-corrected chi connectivity index (χ0v) is 33.6. The number of aliphatic hydroxyl groups excluding tert-OH is 2. The molecule has 0 spiro atoms. The molecule has 9 atom stereocenters. The van der Waals surface area contributed by atoms with E-state index >= 15 is 0 Å². The zero-order valence-electron chi connectivity index (χ0n) is 33.6. The number of allylic oxidation sites excluding steroid dienone is 3. The maximum absolute atomic E-state index is 14.1. The van der Waals surface area contributed by atoms with E-state index in [1.54, 1.807) is 52.8 Å². The Hall–Kier alpha value is -5.64. The summed E-state index contributed by atoms with van der Waals surface area (Å²) in [5.41, 5.74) is 4.48. The molecule has 1 amide bonds. The minimum absolute atomic E-state index is 0.0152. The number of fused-ring (bicyclic) bond motifs is 3. The van der Waals surface area contributed by atoms with Gasteiger partial charge in [-0.3, -0.25) is 24.8 Å². The van der Waals surface area contributed by atoms with Crippen LogP contribution in [0.3, 0.4) is 0 Å². The molecule has 2 heterocycles. The molecule has 0 bridgehead atoms. The van der Waals surface area contributed by atoms with Crippen molar-refractivity contribution >= 4 is 29.2 Å². The summed E-state index contributed by atoms with van der Waals surface area (Å²) in [5.74, 6) is -8.12. The summed E-state index contributed by atoms with van der Waals surface area (Å²) in [6.07, 6.45) is 4.68. The number of aromatic hydroxyl groups is 1. The Bertz CT molecular complexity index is 2040. The van der Waals surface area contributed by atoms with Crippen LogP contribution in [0.25, 0.3) is 0 Å². The first-order valence-electron chi connectivity index (χ1n) is 18.5. The molecule has 15 heteroatoms. The smallest absolute Gasteiger partial charge is 0.339 e. The second kappa shape index (κ2) is 17.7. The lowest BCUT2D eigenvalue weighted by Gasteiger charge is -2.38. The molecule has 0 unspecified atom stereocenters. The summed E-state index contributed by atoms with van der Waals surface area (Å²) in [6.45, 7) is 16.5. The van der Waals surface area contributed by atoms with Gasteiger partial charge in [0.1, 0.15) is 23.3 Å². The number of hydrogen-bond acceptors (Lipinski definition) is 14. The lowest BCUT2D eigenvalue weighted by atomic mass is 9.78. The molecule has 0 saturated carbocycles. The van der Waals surface area contributed by atoms with Crippen LogP contribution >= 0.6 is 0 Å². The number of ketones is 2. The van der Waals surface area contributed by atoms with Gasteiger partial charge in [-0.05, 0) is 39.0 Å². The molecule has 0 fully saturated rings. The summed E-state index contributed by atoms with van der Waals surface area (Å²) in [5, 5.41) is 44.8. The number of pyridine rings is 1. The molecule has 0 saturated heterocycles. The second-order valence-corrected chi connectivity index (χ2v) is 14.6. The third-order valence-electron chi connectivity index (χ3n) is 10.9. The molecule has 1 aliphatic heterocycles. The van der Waals surface area contributed by atoms with E-state index in [9.17, 15) is 34.5 Å². The maximum Gasteiger partial charge on any atom is 0.339 e. The van der Waals surface area contributed by atoms with Gasteiger partial charge in [0.25, 0.3) is 11.7 Å². The number of Topliss-reactive ketones (excluding diaryl/α,β-unsaturated/α-hetero) is 2. The van der Waals surface area contributed by atoms with Crippen LogP contribution in [0, 0.1) is 36.0 Å². The summed E-state index contributed by atoms with van der Waals surface area (Å²) in [7, 11) is 1.41. The highest BCUT2D eigenvalue weighted by molar-refractivity contribution is 6.33. The van der Waals surface area contributed by atoms with Crippen molar-refractivity contribution in [1.29, 1.82) is 5.41 Å². The third-order valence-corrected chi connectivity index (χ3v) is 10.9. The normalized spacial score (nSPS) is 21.0. The van der Waals surface area contributed by atoms with Gasteiger partial charge in [0.05, 0.1) is 52.7 Å². The van der Waals surface area contributed by atoms with E-state index in [2.05, 4.69) is 16.9 Å². The highest BCUT2D eigenvalue weighted by Crippen LogP contribution is 2.48. The van der Waals surface area contributed by atoms with Gasteiger partial charge < -0.3 is 45.3 Å². The molecule has 57 heavy (non-hydrogen) atoms. The fraction of sp³-hybridized carbons (Fsp3) is 0.429. The van der Waals surface area contributed by atoms with Gasteiger partial charge >= 0.3 is 11.8 Å². The highest BCUT2D eigenvalue weighted by atomic mass is 16.7. The summed E-state index contributed by atoms with van der Waals surface area (Å²) in [4.78, 5) is 57.8. The molecule has 1 aromatic carbocycles. The first-order valence-corrected chi connectivity index (χ1v) is 18.5. The Kier molecular flexibility index (Phi) is 13.7. The van der Waals surface area contributed by atoms with Crippen molar-refractivity contribution in [2.24, 2.45) is 29.4 Å². The van der Waals surface area contributed by atoms with Crippen LogP contribution in [0.1, 0.15) is 90.7 Å². The van der Waals surface area contributed by atoms with Crippen molar-refractivity contribution < 1.29 is 53.4 Å². The number of carbonyl (C=O) groups is 4. The largest absolute Gasteiger partial charge is 0.507 e. The number of aliphatic hydroxyl groups is 2. The average molecular weight is 789 g/mol. The van der Waals surface area contributed by atoms with Crippen molar-refractivity contribution in [3.8, 4) is 11.5 Å². The van der Waals surface area contributed by atoms with Gasteiger partial charge in [-0.1, -0.05) is 39.8 Å². The minimum atomic E-state index is -2.06. The van der Waals surface area contributed by atoms with Gasteiger partial charge in [-0.2, -0.15) is 0 Å². The number of benzene rings is 1. The number of carbonyl (C=O) groups excluding carboxylic acids is 4. The number of phenolic OH excluding ortho intramolecular Hbond substituents is 1. The summed E-state index contributed by atoms with van der Waals surface area (Å²) < 4.78 is 23.7. The lowest BCUT2D eigenvalue weighted by Crippen LogP contribution is -2.46. The summed E-state index contributed by atoms with van der Waals surface area (Å²) >= 11 is 0. The van der Waals surface area contributed by atoms with Gasteiger partial charge in [-0.15, -0.1) is 6.58 Å². The van der Waals surface area contributed by atoms with Gasteiger partial charge in [0.15, 0.2) is 0 Å². The Morgan fingerprint density at radius 3 is 2.33 bits per heavy atom. The topological polar surface area (TPSA) is 241 Å². The van der Waals surface area contributed by atoms with Crippen molar-refractivity contribution in [3.05, 3.63) is 100 Å². The number of esters is 1. The minimum Gasteiger partial charge on any atom is -0.507 e. The third kappa shape index (κ3) is 8.41. The number of aromatic nitrogens is 1. The van der Waals surface area contributed by atoms with Crippen LogP contribution in [0.4, 0.5) is 0 Å².